The zero-order chi connectivity index (χ0) is 17.6. The van der Waals surface area contributed by atoms with Gasteiger partial charge in [0.25, 0.3) is 0 Å². The maximum atomic E-state index is 10.3. The van der Waals surface area contributed by atoms with Crippen LogP contribution in [0.1, 0.15) is 26.2 Å². The van der Waals surface area contributed by atoms with E-state index in [1.54, 1.807) is 0 Å². The van der Waals surface area contributed by atoms with Crippen molar-refractivity contribution in [3.05, 3.63) is 42.5 Å². The van der Waals surface area contributed by atoms with Crippen LogP contribution in [0.5, 0.6) is 5.75 Å². The first-order valence-corrected chi connectivity index (χ1v) is 9.18. The van der Waals surface area contributed by atoms with E-state index in [1.165, 1.54) is 19.3 Å². The molecule has 134 valence electrons. The number of aromatic amines is 1. The molecule has 0 saturated carbocycles. The Hall–Kier alpha value is -2.04. The summed E-state index contributed by atoms with van der Waals surface area (Å²) in [6.07, 6.45) is 3.13. The van der Waals surface area contributed by atoms with E-state index >= 15 is 0 Å². The van der Waals surface area contributed by atoms with Gasteiger partial charge in [-0.1, -0.05) is 44.0 Å². The Kier molecular flexibility index (Phi) is 5.95. The van der Waals surface area contributed by atoms with Gasteiger partial charge in [0.15, 0.2) is 0 Å². The number of aromatic nitrogens is 1. The Labute approximate surface area is 149 Å². The SMILES string of the molecule is CCCCCN(C)CC(O)COc1cccc2[nH]c3ccccc3c12. The number of hydrogen-bond donors (Lipinski definition) is 2. The molecule has 4 nitrogen and oxygen atoms in total. The largest absolute Gasteiger partial charge is 0.490 e. The third kappa shape index (κ3) is 4.33. The molecule has 1 unspecified atom stereocenters. The summed E-state index contributed by atoms with van der Waals surface area (Å²) in [7, 11) is 2.05. The van der Waals surface area contributed by atoms with Gasteiger partial charge in [0.2, 0.25) is 0 Å². The molecule has 0 amide bonds. The Morgan fingerprint density at radius 2 is 1.88 bits per heavy atom. The van der Waals surface area contributed by atoms with Gasteiger partial charge in [0.1, 0.15) is 18.5 Å². The van der Waals surface area contributed by atoms with E-state index in [9.17, 15) is 5.11 Å². The van der Waals surface area contributed by atoms with E-state index < -0.39 is 6.10 Å². The summed E-state index contributed by atoms with van der Waals surface area (Å²) >= 11 is 0. The van der Waals surface area contributed by atoms with Crippen LogP contribution in [0.15, 0.2) is 42.5 Å². The number of nitrogens with one attached hydrogen (secondary N) is 1. The van der Waals surface area contributed by atoms with Crippen molar-refractivity contribution < 1.29 is 9.84 Å². The lowest BCUT2D eigenvalue weighted by atomic mass is 10.1. The number of hydrogen-bond acceptors (Lipinski definition) is 3. The number of para-hydroxylation sites is 1. The van der Waals surface area contributed by atoms with Gasteiger partial charge in [-0.2, -0.15) is 0 Å². The number of ether oxygens (including phenoxy) is 1. The molecule has 4 heteroatoms. The molecule has 1 aromatic heterocycles. The second-order valence-corrected chi connectivity index (χ2v) is 6.78. The molecule has 0 aliphatic rings. The van der Waals surface area contributed by atoms with Crippen LogP contribution >= 0.6 is 0 Å². The lowest BCUT2D eigenvalue weighted by Gasteiger charge is -2.20. The van der Waals surface area contributed by atoms with E-state index in [0.717, 1.165) is 34.1 Å². The molecule has 0 aliphatic heterocycles. The molecule has 2 aromatic carbocycles. The highest BCUT2D eigenvalue weighted by Gasteiger charge is 2.12. The minimum Gasteiger partial charge on any atom is -0.490 e. The number of aliphatic hydroxyl groups is 1. The van der Waals surface area contributed by atoms with E-state index in [1.807, 2.05) is 24.3 Å². The highest BCUT2D eigenvalue weighted by Crippen LogP contribution is 2.32. The second kappa shape index (κ2) is 8.37. The average Bonchev–Trinajstić information content (AvgIpc) is 2.99. The van der Waals surface area contributed by atoms with Crippen molar-refractivity contribution in [2.24, 2.45) is 0 Å². The number of fused-ring (bicyclic) bond motifs is 3. The maximum absolute atomic E-state index is 10.3. The monoisotopic (exact) mass is 340 g/mol. The fourth-order valence-electron chi connectivity index (χ4n) is 3.31. The number of rotatable bonds is 9. The first kappa shape index (κ1) is 17.8. The molecule has 0 radical (unpaired) electrons. The minimum absolute atomic E-state index is 0.302. The second-order valence-electron chi connectivity index (χ2n) is 6.78. The van der Waals surface area contributed by atoms with E-state index in [0.29, 0.717) is 13.2 Å². The Balaban J connectivity index is 1.65. The fraction of sp³-hybridized carbons (Fsp3) is 0.429. The van der Waals surface area contributed by atoms with Gasteiger partial charge in [-0.25, -0.2) is 0 Å². The van der Waals surface area contributed by atoms with Crippen molar-refractivity contribution >= 4 is 21.8 Å². The van der Waals surface area contributed by atoms with Crippen LogP contribution in [0.25, 0.3) is 21.8 Å². The number of H-pyrrole nitrogens is 1. The van der Waals surface area contributed by atoms with Crippen molar-refractivity contribution in [1.82, 2.24) is 9.88 Å². The lowest BCUT2D eigenvalue weighted by molar-refractivity contribution is 0.0765. The maximum Gasteiger partial charge on any atom is 0.129 e. The number of nitrogens with zero attached hydrogens (tertiary/aromatic N) is 1. The molecule has 0 spiro atoms. The number of aliphatic hydroxyl groups excluding tert-OH is 1. The van der Waals surface area contributed by atoms with Crippen LogP contribution < -0.4 is 4.74 Å². The summed E-state index contributed by atoms with van der Waals surface area (Å²) < 4.78 is 5.98. The van der Waals surface area contributed by atoms with Gasteiger partial charge in [0.05, 0.1) is 5.52 Å². The molecule has 2 N–H and O–H groups in total. The van der Waals surface area contributed by atoms with Gasteiger partial charge in [0, 0.05) is 22.8 Å². The highest BCUT2D eigenvalue weighted by atomic mass is 16.5. The van der Waals surface area contributed by atoms with Gasteiger partial charge in [-0.05, 0) is 38.2 Å². The van der Waals surface area contributed by atoms with E-state index in [2.05, 4.69) is 42.1 Å². The van der Waals surface area contributed by atoms with Gasteiger partial charge >= 0.3 is 0 Å². The van der Waals surface area contributed by atoms with Crippen molar-refractivity contribution in [1.29, 1.82) is 0 Å². The van der Waals surface area contributed by atoms with Crippen LogP contribution in [-0.4, -0.2) is 47.8 Å². The number of likely N-dealkylation sites (N-methyl/N-ethyl adjacent to an activating group) is 1. The number of benzene rings is 2. The first-order chi connectivity index (χ1) is 12.2. The van der Waals surface area contributed by atoms with Crippen LogP contribution in [-0.2, 0) is 0 Å². The average molecular weight is 340 g/mol. The van der Waals surface area contributed by atoms with E-state index in [4.69, 9.17) is 4.74 Å². The molecule has 0 aliphatic carbocycles. The normalized spacial score (nSPS) is 13.0. The Bertz CT molecular complexity index is 812. The summed E-state index contributed by atoms with van der Waals surface area (Å²) in [5.41, 5.74) is 2.16. The lowest BCUT2D eigenvalue weighted by Crippen LogP contribution is -2.33. The minimum atomic E-state index is -0.493. The molecule has 0 fully saturated rings. The Morgan fingerprint density at radius 3 is 2.72 bits per heavy atom. The molecular formula is C21H28N2O2. The van der Waals surface area contributed by atoms with Gasteiger partial charge in [-0.15, -0.1) is 0 Å². The molecule has 25 heavy (non-hydrogen) atoms. The third-order valence-corrected chi connectivity index (χ3v) is 4.59. The van der Waals surface area contributed by atoms with Crippen molar-refractivity contribution in [3.8, 4) is 5.75 Å². The summed E-state index contributed by atoms with van der Waals surface area (Å²) in [4.78, 5) is 5.59. The fourth-order valence-corrected chi connectivity index (χ4v) is 3.31. The predicted octanol–water partition coefficient (Wildman–Crippen LogP) is 4.18. The molecular weight excluding hydrogens is 312 g/mol. The molecule has 0 saturated heterocycles. The summed E-state index contributed by atoms with van der Waals surface area (Å²) in [6.45, 7) is 4.15. The predicted molar refractivity (Wildman–Crippen MR) is 104 cm³/mol. The summed E-state index contributed by atoms with van der Waals surface area (Å²) in [6, 6.07) is 14.2. The number of unbranched alkanes of at least 4 members (excludes halogenated alkanes) is 2. The molecule has 0 bridgehead atoms. The Morgan fingerprint density at radius 1 is 1.08 bits per heavy atom. The molecule has 1 atom stereocenters. The van der Waals surface area contributed by atoms with Crippen molar-refractivity contribution in [3.63, 3.8) is 0 Å². The van der Waals surface area contributed by atoms with Crippen LogP contribution in [0.4, 0.5) is 0 Å². The summed E-state index contributed by atoms with van der Waals surface area (Å²) in [5.74, 6) is 0.822. The van der Waals surface area contributed by atoms with Crippen LogP contribution in [0, 0.1) is 0 Å². The van der Waals surface area contributed by atoms with Crippen LogP contribution in [0.3, 0.4) is 0 Å². The topological polar surface area (TPSA) is 48.5 Å². The molecule has 3 rings (SSSR count). The zero-order valence-corrected chi connectivity index (χ0v) is 15.2. The van der Waals surface area contributed by atoms with Gasteiger partial charge in [-0.3, -0.25) is 0 Å². The standard InChI is InChI=1S/C21H28N2O2/c1-3-4-7-13-23(2)14-16(24)15-25-20-12-8-11-19-21(20)17-9-5-6-10-18(17)22-19/h5-6,8-12,16,22,24H,3-4,7,13-15H2,1-2H3. The van der Waals surface area contributed by atoms with Crippen LogP contribution in [0.2, 0.25) is 0 Å². The molecule has 3 aromatic rings. The van der Waals surface area contributed by atoms with E-state index in [-0.39, 0.29) is 0 Å². The van der Waals surface area contributed by atoms with Crippen molar-refractivity contribution in [2.75, 3.05) is 26.7 Å². The summed E-state index contributed by atoms with van der Waals surface area (Å²) in [5, 5.41) is 12.5. The van der Waals surface area contributed by atoms with Gasteiger partial charge < -0.3 is 19.7 Å². The first-order valence-electron chi connectivity index (χ1n) is 9.18. The van der Waals surface area contributed by atoms with Crippen molar-refractivity contribution in [2.45, 2.75) is 32.3 Å². The zero-order valence-electron chi connectivity index (χ0n) is 15.2. The highest BCUT2D eigenvalue weighted by molar-refractivity contribution is 6.10. The smallest absolute Gasteiger partial charge is 0.129 e. The molecule has 1 heterocycles. The quantitative estimate of drug-likeness (QED) is 0.574. The third-order valence-electron chi connectivity index (χ3n) is 4.59.